The summed E-state index contributed by atoms with van der Waals surface area (Å²) < 4.78 is 28.0. The topological polar surface area (TPSA) is 101 Å². The Labute approximate surface area is 171 Å². The maximum absolute atomic E-state index is 15.3. The number of ether oxygens (including phenoxy) is 2. The van der Waals surface area contributed by atoms with Crippen molar-refractivity contribution in [3.8, 4) is 5.75 Å². The predicted octanol–water partition coefficient (Wildman–Crippen LogP) is 1.35. The van der Waals surface area contributed by atoms with Crippen molar-refractivity contribution in [1.29, 1.82) is 0 Å². The van der Waals surface area contributed by atoms with E-state index in [2.05, 4.69) is 0 Å². The molecule has 2 fully saturated rings. The third-order valence-corrected chi connectivity index (χ3v) is 6.16. The first-order valence-electron chi connectivity index (χ1n) is 10.2. The van der Waals surface area contributed by atoms with Crippen LogP contribution >= 0.6 is 0 Å². The highest BCUT2D eigenvalue weighted by Gasteiger charge is 2.47. The van der Waals surface area contributed by atoms with Crippen LogP contribution in [0, 0.1) is 5.82 Å². The molecule has 2 atom stereocenters. The van der Waals surface area contributed by atoms with Gasteiger partial charge in [0.15, 0.2) is 11.6 Å². The van der Waals surface area contributed by atoms with Crippen LogP contribution in [0.3, 0.4) is 0 Å². The van der Waals surface area contributed by atoms with E-state index in [0.717, 1.165) is 18.9 Å². The third kappa shape index (κ3) is 2.79. The minimum atomic E-state index is -1.33. The molecule has 160 valence electrons. The summed E-state index contributed by atoms with van der Waals surface area (Å²) in [4.78, 5) is 27.1. The lowest BCUT2D eigenvalue weighted by Crippen LogP contribution is -2.40. The van der Waals surface area contributed by atoms with Gasteiger partial charge in [-0.3, -0.25) is 4.79 Å². The van der Waals surface area contributed by atoms with E-state index in [1.54, 1.807) is 11.8 Å². The molecule has 0 radical (unpaired) electrons. The monoisotopic (exact) mass is 418 g/mol. The summed E-state index contributed by atoms with van der Waals surface area (Å²) in [5, 5.41) is 20.1. The lowest BCUT2D eigenvalue weighted by molar-refractivity contribution is 0.00141. The number of nitrogens with zero attached hydrogens (tertiary/aromatic N) is 2. The Kier molecular flexibility index (Phi) is 4.30. The summed E-state index contributed by atoms with van der Waals surface area (Å²) in [5.41, 5.74) is -1.42. The Morgan fingerprint density at radius 3 is 2.83 bits per heavy atom. The minimum Gasteiger partial charge on any atom is -0.487 e. The Balaban J connectivity index is 1.75. The van der Waals surface area contributed by atoms with Crippen molar-refractivity contribution >= 4 is 22.6 Å². The maximum Gasteiger partial charge on any atom is 0.343 e. The molecule has 0 unspecified atom stereocenters. The van der Waals surface area contributed by atoms with Crippen molar-refractivity contribution in [2.75, 3.05) is 31.3 Å². The number of rotatable bonds is 4. The average Bonchev–Trinajstić information content (AvgIpc) is 3.50. The minimum absolute atomic E-state index is 0.0683. The van der Waals surface area contributed by atoms with Gasteiger partial charge in [-0.05, 0) is 25.8 Å². The fraction of sp³-hybridized carbons (Fsp3) is 0.524. The van der Waals surface area contributed by atoms with Crippen LogP contribution in [-0.4, -0.2) is 58.8 Å². The molecule has 1 saturated heterocycles. The highest BCUT2D eigenvalue weighted by Crippen LogP contribution is 2.48. The van der Waals surface area contributed by atoms with E-state index in [4.69, 9.17) is 9.47 Å². The van der Waals surface area contributed by atoms with Gasteiger partial charge in [0, 0.05) is 25.2 Å². The zero-order chi connectivity index (χ0) is 21.2. The molecule has 9 heteroatoms. The van der Waals surface area contributed by atoms with Gasteiger partial charge in [0.25, 0.3) is 0 Å². The van der Waals surface area contributed by atoms with E-state index in [-0.39, 0.29) is 60.6 Å². The number of esters is 1. The van der Waals surface area contributed by atoms with Gasteiger partial charge < -0.3 is 29.2 Å². The fourth-order valence-electron chi connectivity index (χ4n) is 4.61. The van der Waals surface area contributed by atoms with E-state index >= 15 is 4.39 Å². The number of aliphatic hydroxyl groups is 2. The summed E-state index contributed by atoms with van der Waals surface area (Å²) in [6.07, 6.45) is 3.51. The van der Waals surface area contributed by atoms with Gasteiger partial charge in [-0.15, -0.1) is 0 Å². The predicted molar refractivity (Wildman–Crippen MR) is 106 cm³/mol. The molecular formula is C21H23FN2O6. The van der Waals surface area contributed by atoms with Crippen LogP contribution in [0.15, 0.2) is 17.1 Å². The molecule has 0 spiro atoms. The SMILES string of the molecule is CCOC(=O)c1cn(C2CC2)c2c3c(c(F)cc2c1=O)N1C[C@](O)(CO)C[C@H]1CO3. The van der Waals surface area contributed by atoms with Gasteiger partial charge in [0.1, 0.15) is 23.5 Å². The summed E-state index contributed by atoms with van der Waals surface area (Å²) in [5.74, 6) is -1.15. The number of benzene rings is 1. The van der Waals surface area contributed by atoms with Crippen molar-refractivity contribution in [1.82, 2.24) is 4.57 Å². The van der Waals surface area contributed by atoms with E-state index in [9.17, 15) is 19.8 Å². The van der Waals surface area contributed by atoms with Crippen molar-refractivity contribution in [3.63, 3.8) is 0 Å². The zero-order valence-electron chi connectivity index (χ0n) is 16.6. The quantitative estimate of drug-likeness (QED) is 0.723. The van der Waals surface area contributed by atoms with Gasteiger partial charge in [-0.1, -0.05) is 0 Å². The molecular weight excluding hydrogens is 395 g/mol. The van der Waals surface area contributed by atoms with Crippen LogP contribution in [0.4, 0.5) is 10.1 Å². The molecule has 30 heavy (non-hydrogen) atoms. The smallest absolute Gasteiger partial charge is 0.343 e. The lowest BCUT2D eigenvalue weighted by Gasteiger charge is -2.34. The van der Waals surface area contributed by atoms with Crippen LogP contribution in [0.25, 0.3) is 10.9 Å². The van der Waals surface area contributed by atoms with Crippen molar-refractivity contribution < 1.29 is 28.9 Å². The lowest BCUT2D eigenvalue weighted by atomic mass is 10.0. The van der Waals surface area contributed by atoms with Crippen LogP contribution < -0.4 is 15.1 Å². The second-order valence-corrected chi connectivity index (χ2v) is 8.34. The van der Waals surface area contributed by atoms with Gasteiger partial charge in [-0.2, -0.15) is 0 Å². The normalized spacial score (nSPS) is 25.1. The molecule has 1 aliphatic carbocycles. The van der Waals surface area contributed by atoms with Gasteiger partial charge in [0.2, 0.25) is 5.43 Å². The molecule has 1 saturated carbocycles. The Hall–Kier alpha value is -2.65. The molecule has 3 aliphatic rings. The second-order valence-electron chi connectivity index (χ2n) is 8.34. The summed E-state index contributed by atoms with van der Waals surface area (Å²) in [7, 11) is 0. The first-order chi connectivity index (χ1) is 14.4. The van der Waals surface area contributed by atoms with Crippen LogP contribution in [0.1, 0.15) is 42.6 Å². The highest BCUT2D eigenvalue weighted by atomic mass is 19.1. The highest BCUT2D eigenvalue weighted by molar-refractivity contribution is 5.98. The molecule has 8 nitrogen and oxygen atoms in total. The zero-order valence-corrected chi connectivity index (χ0v) is 16.6. The largest absolute Gasteiger partial charge is 0.487 e. The second kappa shape index (κ2) is 6.68. The number of pyridine rings is 1. The molecule has 2 aliphatic heterocycles. The molecule has 2 aromatic rings. The van der Waals surface area contributed by atoms with E-state index in [1.165, 1.54) is 6.20 Å². The molecule has 3 heterocycles. The first-order valence-corrected chi connectivity index (χ1v) is 10.2. The average molecular weight is 418 g/mol. The number of aliphatic hydroxyl groups excluding tert-OH is 1. The Bertz CT molecular complexity index is 1110. The number of fused-ring (bicyclic) bond motifs is 5. The van der Waals surface area contributed by atoms with Gasteiger partial charge in [0.05, 0.1) is 30.2 Å². The summed E-state index contributed by atoms with van der Waals surface area (Å²) in [6.45, 7) is 1.63. The number of hydrogen-bond donors (Lipinski definition) is 2. The maximum atomic E-state index is 15.3. The van der Waals surface area contributed by atoms with Crippen LogP contribution in [0.2, 0.25) is 0 Å². The number of hydrogen-bond acceptors (Lipinski definition) is 7. The number of carbonyl (C=O) groups is 1. The number of anilines is 1. The van der Waals surface area contributed by atoms with Crippen LogP contribution in [0.5, 0.6) is 5.75 Å². The fourth-order valence-corrected chi connectivity index (χ4v) is 4.61. The van der Waals surface area contributed by atoms with Crippen LogP contribution in [-0.2, 0) is 4.74 Å². The first kappa shape index (κ1) is 19.3. The number of aromatic nitrogens is 1. The molecule has 5 rings (SSSR count). The summed E-state index contributed by atoms with van der Waals surface area (Å²) >= 11 is 0. The van der Waals surface area contributed by atoms with E-state index < -0.39 is 29.4 Å². The van der Waals surface area contributed by atoms with Crippen molar-refractivity contribution in [2.45, 2.75) is 43.9 Å². The number of halogens is 1. The molecule has 0 amide bonds. The molecule has 2 N–H and O–H groups in total. The Morgan fingerprint density at radius 2 is 2.17 bits per heavy atom. The third-order valence-electron chi connectivity index (χ3n) is 6.16. The van der Waals surface area contributed by atoms with E-state index in [0.29, 0.717) is 5.52 Å². The standard InChI is InChI=1S/C21H23FN2O6/c1-2-29-20(27)14-7-23(11-3-4-11)16-13(18(14)26)5-15(22)17-19(16)30-8-12-6-21(28,10-25)9-24(12)17/h5,7,11-12,25,28H,2-4,6,8-10H2,1H3/t12-,21-/m0/s1. The van der Waals surface area contributed by atoms with Crippen molar-refractivity contribution in [3.05, 3.63) is 33.9 Å². The van der Waals surface area contributed by atoms with Crippen molar-refractivity contribution in [2.24, 2.45) is 0 Å². The summed E-state index contributed by atoms with van der Waals surface area (Å²) in [6, 6.07) is 0.951. The van der Waals surface area contributed by atoms with Gasteiger partial charge in [-0.25, -0.2) is 9.18 Å². The number of carbonyl (C=O) groups excluding carboxylic acids is 1. The molecule has 1 aromatic heterocycles. The van der Waals surface area contributed by atoms with E-state index in [1.807, 2.05) is 4.57 Å². The Morgan fingerprint density at radius 1 is 1.40 bits per heavy atom. The van der Waals surface area contributed by atoms with Gasteiger partial charge >= 0.3 is 5.97 Å². The molecule has 1 aromatic carbocycles. The molecule has 0 bridgehead atoms.